The number of carboxylic acids is 1. The minimum absolute atomic E-state index is 0.0562. The standard InChI is InChI=1S/C20H29NO3/c1-20(2,16-10-6-7-11-16)19(24)21-17(12-13-18(22)23)14-15-8-4-3-5-9-15/h3-5,8-9,16-17H,6-7,10-14H2,1-2H3,(H,21,24)(H,22,23). The second-order valence-corrected chi connectivity index (χ2v) is 7.50. The molecule has 1 amide bonds. The first-order valence-corrected chi connectivity index (χ1v) is 8.96. The van der Waals surface area contributed by atoms with Gasteiger partial charge in [0.15, 0.2) is 0 Å². The van der Waals surface area contributed by atoms with Crippen molar-refractivity contribution in [2.45, 2.75) is 64.8 Å². The molecular weight excluding hydrogens is 302 g/mol. The second-order valence-electron chi connectivity index (χ2n) is 7.50. The van der Waals surface area contributed by atoms with E-state index in [0.29, 0.717) is 18.8 Å². The Morgan fingerprint density at radius 3 is 2.42 bits per heavy atom. The molecule has 1 aliphatic rings. The lowest BCUT2D eigenvalue weighted by Crippen LogP contribution is -2.46. The van der Waals surface area contributed by atoms with Gasteiger partial charge < -0.3 is 10.4 Å². The third-order valence-electron chi connectivity index (χ3n) is 5.33. The van der Waals surface area contributed by atoms with Crippen LogP contribution in [0.5, 0.6) is 0 Å². The van der Waals surface area contributed by atoms with Gasteiger partial charge in [0.2, 0.25) is 5.91 Å². The highest BCUT2D eigenvalue weighted by atomic mass is 16.4. The lowest BCUT2D eigenvalue weighted by atomic mass is 9.76. The normalized spacial score (nSPS) is 16.8. The molecule has 0 spiro atoms. The van der Waals surface area contributed by atoms with Crippen molar-refractivity contribution in [3.05, 3.63) is 35.9 Å². The van der Waals surface area contributed by atoms with Crippen LogP contribution in [0.1, 0.15) is 57.9 Å². The van der Waals surface area contributed by atoms with E-state index in [0.717, 1.165) is 18.4 Å². The molecule has 1 aromatic rings. The summed E-state index contributed by atoms with van der Waals surface area (Å²) < 4.78 is 0. The quantitative estimate of drug-likeness (QED) is 0.761. The van der Waals surface area contributed by atoms with Crippen molar-refractivity contribution in [3.63, 3.8) is 0 Å². The van der Waals surface area contributed by atoms with Gasteiger partial charge in [-0.3, -0.25) is 9.59 Å². The summed E-state index contributed by atoms with van der Waals surface area (Å²) in [6, 6.07) is 9.78. The summed E-state index contributed by atoms with van der Waals surface area (Å²) >= 11 is 0. The van der Waals surface area contributed by atoms with Crippen molar-refractivity contribution in [2.75, 3.05) is 0 Å². The van der Waals surface area contributed by atoms with Crippen LogP contribution in [0.25, 0.3) is 0 Å². The Hall–Kier alpha value is -1.84. The second kappa shape index (κ2) is 8.32. The molecule has 1 atom stereocenters. The van der Waals surface area contributed by atoms with Crippen LogP contribution < -0.4 is 5.32 Å². The average molecular weight is 331 g/mol. The summed E-state index contributed by atoms with van der Waals surface area (Å²) in [4.78, 5) is 23.8. The van der Waals surface area contributed by atoms with E-state index in [-0.39, 0.29) is 18.4 Å². The largest absolute Gasteiger partial charge is 0.481 e. The van der Waals surface area contributed by atoms with Crippen LogP contribution in [0.4, 0.5) is 0 Å². The van der Waals surface area contributed by atoms with Crippen LogP contribution >= 0.6 is 0 Å². The van der Waals surface area contributed by atoms with Crippen LogP contribution in [0.3, 0.4) is 0 Å². The zero-order valence-corrected chi connectivity index (χ0v) is 14.8. The van der Waals surface area contributed by atoms with E-state index in [4.69, 9.17) is 5.11 Å². The highest BCUT2D eigenvalue weighted by Gasteiger charge is 2.38. The maximum atomic E-state index is 12.8. The Labute approximate surface area is 144 Å². The Kier molecular flexibility index (Phi) is 6.41. The number of benzene rings is 1. The predicted molar refractivity (Wildman–Crippen MR) is 94.7 cm³/mol. The molecule has 0 aliphatic heterocycles. The average Bonchev–Trinajstić information content (AvgIpc) is 3.08. The minimum atomic E-state index is -0.822. The first kappa shape index (κ1) is 18.5. The van der Waals surface area contributed by atoms with Gasteiger partial charge in [-0.15, -0.1) is 0 Å². The van der Waals surface area contributed by atoms with Gasteiger partial charge in [-0.1, -0.05) is 57.0 Å². The lowest BCUT2D eigenvalue weighted by molar-refractivity contribution is -0.138. The molecule has 24 heavy (non-hydrogen) atoms. The summed E-state index contributed by atoms with van der Waals surface area (Å²) in [6.45, 7) is 4.05. The fraction of sp³-hybridized carbons (Fsp3) is 0.600. The molecule has 132 valence electrons. The molecule has 2 rings (SSSR count). The number of hydrogen-bond acceptors (Lipinski definition) is 2. The molecule has 1 saturated carbocycles. The fourth-order valence-electron chi connectivity index (χ4n) is 3.63. The van der Waals surface area contributed by atoms with Gasteiger partial charge in [0, 0.05) is 17.9 Å². The molecule has 1 aliphatic carbocycles. The summed E-state index contributed by atoms with van der Waals surface area (Å²) in [5, 5.41) is 12.1. The molecule has 0 saturated heterocycles. The Morgan fingerprint density at radius 2 is 1.83 bits per heavy atom. The Morgan fingerprint density at radius 1 is 1.21 bits per heavy atom. The molecule has 4 nitrogen and oxygen atoms in total. The number of carboxylic acid groups (broad SMARTS) is 1. The first-order chi connectivity index (χ1) is 11.4. The Bertz CT molecular complexity index is 547. The number of amides is 1. The maximum Gasteiger partial charge on any atom is 0.303 e. The van der Waals surface area contributed by atoms with Crippen LogP contribution in [-0.4, -0.2) is 23.0 Å². The van der Waals surface area contributed by atoms with E-state index in [2.05, 4.69) is 5.32 Å². The van der Waals surface area contributed by atoms with Gasteiger partial charge in [0.05, 0.1) is 0 Å². The van der Waals surface area contributed by atoms with Crippen molar-refractivity contribution in [1.29, 1.82) is 0 Å². The number of rotatable bonds is 8. The number of nitrogens with one attached hydrogen (secondary N) is 1. The summed E-state index contributed by atoms with van der Waals surface area (Å²) in [6.07, 6.45) is 5.82. The van der Waals surface area contributed by atoms with E-state index < -0.39 is 11.4 Å². The van der Waals surface area contributed by atoms with Crippen LogP contribution in [0.15, 0.2) is 30.3 Å². The fourth-order valence-corrected chi connectivity index (χ4v) is 3.63. The molecule has 0 bridgehead atoms. The topological polar surface area (TPSA) is 66.4 Å². The number of hydrogen-bond donors (Lipinski definition) is 2. The highest BCUT2D eigenvalue weighted by Crippen LogP contribution is 2.39. The van der Waals surface area contributed by atoms with Gasteiger partial charge in [0.25, 0.3) is 0 Å². The molecule has 2 N–H and O–H groups in total. The van der Waals surface area contributed by atoms with Gasteiger partial charge in [-0.05, 0) is 37.2 Å². The van der Waals surface area contributed by atoms with Crippen LogP contribution in [-0.2, 0) is 16.0 Å². The first-order valence-electron chi connectivity index (χ1n) is 8.96. The lowest BCUT2D eigenvalue weighted by Gasteiger charge is -2.32. The molecule has 0 aromatic heterocycles. The van der Waals surface area contributed by atoms with Crippen LogP contribution in [0.2, 0.25) is 0 Å². The van der Waals surface area contributed by atoms with Crippen molar-refractivity contribution in [2.24, 2.45) is 11.3 Å². The van der Waals surface area contributed by atoms with E-state index in [1.165, 1.54) is 12.8 Å². The van der Waals surface area contributed by atoms with E-state index in [1.54, 1.807) is 0 Å². The highest BCUT2D eigenvalue weighted by molar-refractivity contribution is 5.82. The molecule has 1 unspecified atom stereocenters. The number of aliphatic carboxylic acids is 1. The zero-order valence-electron chi connectivity index (χ0n) is 14.8. The van der Waals surface area contributed by atoms with Crippen molar-refractivity contribution >= 4 is 11.9 Å². The minimum Gasteiger partial charge on any atom is -0.481 e. The van der Waals surface area contributed by atoms with Crippen LogP contribution in [0, 0.1) is 11.3 Å². The van der Waals surface area contributed by atoms with Gasteiger partial charge in [0.1, 0.15) is 0 Å². The number of carbonyl (C=O) groups excluding carboxylic acids is 1. The van der Waals surface area contributed by atoms with Gasteiger partial charge in [-0.25, -0.2) is 0 Å². The third-order valence-corrected chi connectivity index (χ3v) is 5.33. The Balaban J connectivity index is 2.02. The van der Waals surface area contributed by atoms with E-state index >= 15 is 0 Å². The SMILES string of the molecule is CC(C)(C(=O)NC(CCC(=O)O)Cc1ccccc1)C1CCCC1. The third kappa shape index (κ3) is 5.08. The molecule has 0 heterocycles. The monoisotopic (exact) mass is 331 g/mol. The van der Waals surface area contributed by atoms with Crippen molar-refractivity contribution < 1.29 is 14.7 Å². The number of carbonyl (C=O) groups is 2. The zero-order chi connectivity index (χ0) is 17.6. The summed E-state index contributed by atoms with van der Waals surface area (Å²) in [5.41, 5.74) is 0.723. The van der Waals surface area contributed by atoms with Gasteiger partial charge in [-0.2, -0.15) is 0 Å². The predicted octanol–water partition coefficient (Wildman–Crippen LogP) is 3.80. The molecule has 1 aromatic carbocycles. The molecule has 0 radical (unpaired) electrons. The summed E-state index contributed by atoms with van der Waals surface area (Å²) in [5.74, 6) is -0.340. The van der Waals surface area contributed by atoms with Crippen molar-refractivity contribution in [3.8, 4) is 0 Å². The maximum absolute atomic E-state index is 12.8. The molecule has 1 fully saturated rings. The molecular formula is C20H29NO3. The van der Waals surface area contributed by atoms with E-state index in [1.807, 2.05) is 44.2 Å². The van der Waals surface area contributed by atoms with E-state index in [9.17, 15) is 9.59 Å². The molecule has 4 heteroatoms. The van der Waals surface area contributed by atoms with Gasteiger partial charge >= 0.3 is 5.97 Å². The van der Waals surface area contributed by atoms with Crippen molar-refractivity contribution in [1.82, 2.24) is 5.32 Å². The smallest absolute Gasteiger partial charge is 0.303 e. The summed E-state index contributed by atoms with van der Waals surface area (Å²) in [7, 11) is 0.